The molecule has 2 atom stereocenters. The molecule has 16 heavy (non-hydrogen) atoms. The summed E-state index contributed by atoms with van der Waals surface area (Å²) in [6.45, 7) is 4.52. The number of likely N-dealkylation sites (tertiary alicyclic amines) is 1. The third kappa shape index (κ3) is 3.20. The first-order chi connectivity index (χ1) is 7.56. The van der Waals surface area contributed by atoms with E-state index in [2.05, 4.69) is 0 Å². The predicted molar refractivity (Wildman–Crippen MR) is 59.6 cm³/mol. The van der Waals surface area contributed by atoms with Gasteiger partial charge in [0.25, 0.3) is 0 Å². The van der Waals surface area contributed by atoms with Crippen molar-refractivity contribution in [2.75, 3.05) is 13.2 Å². The number of carbonyl (C=O) groups excluding carboxylic acids is 2. The quantitative estimate of drug-likeness (QED) is 0.701. The highest BCUT2D eigenvalue weighted by atomic mass is 16.5. The lowest BCUT2D eigenvalue weighted by atomic mass is 10.1. The second-order valence-electron chi connectivity index (χ2n) is 4.13. The Morgan fingerprint density at radius 3 is 2.81 bits per heavy atom. The van der Waals surface area contributed by atoms with Gasteiger partial charge in [-0.25, -0.2) is 0 Å². The molecule has 1 amide bonds. The highest BCUT2D eigenvalue weighted by Gasteiger charge is 2.31. The van der Waals surface area contributed by atoms with E-state index in [0.717, 1.165) is 12.8 Å². The second-order valence-corrected chi connectivity index (χ2v) is 4.13. The maximum atomic E-state index is 11.7. The molecule has 92 valence electrons. The van der Waals surface area contributed by atoms with E-state index in [1.165, 1.54) is 0 Å². The van der Waals surface area contributed by atoms with Crippen molar-refractivity contribution in [3.63, 3.8) is 0 Å². The van der Waals surface area contributed by atoms with Crippen LogP contribution in [0.3, 0.4) is 0 Å². The van der Waals surface area contributed by atoms with Crippen LogP contribution < -0.4 is 5.73 Å². The smallest absolute Gasteiger partial charge is 0.307 e. The Kier molecular flexibility index (Phi) is 4.73. The largest absolute Gasteiger partial charge is 0.466 e. The molecule has 1 aliphatic heterocycles. The van der Waals surface area contributed by atoms with Crippen LogP contribution in [0.5, 0.6) is 0 Å². The van der Waals surface area contributed by atoms with Crippen molar-refractivity contribution in [3.05, 3.63) is 0 Å². The summed E-state index contributed by atoms with van der Waals surface area (Å²) >= 11 is 0. The minimum Gasteiger partial charge on any atom is -0.466 e. The Morgan fingerprint density at radius 2 is 2.25 bits per heavy atom. The number of hydrogen-bond donors (Lipinski definition) is 1. The van der Waals surface area contributed by atoms with Crippen molar-refractivity contribution in [3.8, 4) is 0 Å². The summed E-state index contributed by atoms with van der Waals surface area (Å²) < 4.78 is 4.88. The maximum absolute atomic E-state index is 11.7. The summed E-state index contributed by atoms with van der Waals surface area (Å²) in [5.74, 6) is -0.316. The van der Waals surface area contributed by atoms with Crippen LogP contribution in [0.25, 0.3) is 0 Å². The summed E-state index contributed by atoms with van der Waals surface area (Å²) in [5.41, 5.74) is 5.56. The first-order valence-electron chi connectivity index (χ1n) is 5.78. The van der Waals surface area contributed by atoms with E-state index in [4.69, 9.17) is 10.5 Å². The number of esters is 1. The molecular weight excluding hydrogens is 208 g/mol. The van der Waals surface area contributed by atoms with Crippen LogP contribution in [0.2, 0.25) is 0 Å². The molecule has 0 radical (unpaired) electrons. The van der Waals surface area contributed by atoms with Gasteiger partial charge in [0.2, 0.25) is 5.91 Å². The maximum Gasteiger partial charge on any atom is 0.307 e. The zero-order valence-corrected chi connectivity index (χ0v) is 9.94. The van der Waals surface area contributed by atoms with Gasteiger partial charge in [-0.1, -0.05) is 0 Å². The van der Waals surface area contributed by atoms with E-state index >= 15 is 0 Å². The Balaban J connectivity index is 2.52. The Labute approximate surface area is 95.9 Å². The van der Waals surface area contributed by atoms with Crippen molar-refractivity contribution in [2.45, 2.75) is 45.2 Å². The number of amides is 1. The van der Waals surface area contributed by atoms with Crippen LogP contribution in [0.4, 0.5) is 0 Å². The lowest BCUT2D eigenvalue weighted by Crippen LogP contribution is -2.45. The summed E-state index contributed by atoms with van der Waals surface area (Å²) in [4.78, 5) is 24.8. The Hall–Kier alpha value is -1.10. The summed E-state index contributed by atoms with van der Waals surface area (Å²) in [5, 5.41) is 0. The number of rotatable bonds is 4. The molecule has 1 fully saturated rings. The monoisotopic (exact) mass is 228 g/mol. The third-order valence-corrected chi connectivity index (χ3v) is 2.76. The van der Waals surface area contributed by atoms with Crippen LogP contribution in [0.15, 0.2) is 0 Å². The number of hydrogen-bond acceptors (Lipinski definition) is 4. The molecular formula is C11H20N2O3. The van der Waals surface area contributed by atoms with Crippen LogP contribution in [-0.4, -0.2) is 42.0 Å². The number of nitrogens with two attached hydrogens (primary N) is 1. The average Bonchev–Trinajstić information content (AvgIpc) is 2.64. The van der Waals surface area contributed by atoms with E-state index in [1.807, 2.05) is 0 Å². The van der Waals surface area contributed by atoms with E-state index in [0.29, 0.717) is 13.2 Å². The first kappa shape index (κ1) is 13.0. The zero-order valence-electron chi connectivity index (χ0n) is 9.94. The van der Waals surface area contributed by atoms with Crippen molar-refractivity contribution in [1.82, 2.24) is 4.90 Å². The van der Waals surface area contributed by atoms with Gasteiger partial charge in [-0.3, -0.25) is 9.59 Å². The third-order valence-electron chi connectivity index (χ3n) is 2.76. The van der Waals surface area contributed by atoms with Crippen molar-refractivity contribution in [2.24, 2.45) is 5.73 Å². The van der Waals surface area contributed by atoms with E-state index in [-0.39, 0.29) is 24.3 Å². The molecule has 2 N–H and O–H groups in total. The van der Waals surface area contributed by atoms with Gasteiger partial charge in [0, 0.05) is 12.6 Å². The number of nitrogens with zero attached hydrogens (tertiary/aromatic N) is 1. The van der Waals surface area contributed by atoms with Crippen LogP contribution in [0.1, 0.15) is 33.1 Å². The molecule has 0 spiro atoms. The van der Waals surface area contributed by atoms with Crippen molar-refractivity contribution in [1.29, 1.82) is 0 Å². The molecule has 1 aliphatic rings. The molecule has 1 rings (SSSR count). The fourth-order valence-electron chi connectivity index (χ4n) is 2.01. The van der Waals surface area contributed by atoms with Gasteiger partial charge in [0.05, 0.1) is 19.1 Å². The molecule has 0 unspecified atom stereocenters. The van der Waals surface area contributed by atoms with E-state index in [1.54, 1.807) is 18.7 Å². The van der Waals surface area contributed by atoms with Crippen LogP contribution >= 0.6 is 0 Å². The molecule has 5 heteroatoms. The molecule has 5 nitrogen and oxygen atoms in total. The standard InChI is InChI=1S/C11H20N2O3/c1-3-16-10(14)7-9-5-4-6-13(9)11(15)8(2)12/h8-9H,3-7,12H2,1-2H3/t8-,9-/m0/s1. The van der Waals surface area contributed by atoms with Crippen LogP contribution in [0, 0.1) is 0 Å². The minimum atomic E-state index is -0.497. The van der Waals surface area contributed by atoms with E-state index < -0.39 is 6.04 Å². The molecule has 0 bridgehead atoms. The van der Waals surface area contributed by atoms with Crippen molar-refractivity contribution < 1.29 is 14.3 Å². The number of carbonyl (C=O) groups is 2. The predicted octanol–water partition coefficient (Wildman–Crippen LogP) is 0.278. The fraction of sp³-hybridized carbons (Fsp3) is 0.818. The average molecular weight is 228 g/mol. The van der Waals surface area contributed by atoms with Gasteiger partial charge < -0.3 is 15.4 Å². The van der Waals surface area contributed by atoms with Crippen LogP contribution in [-0.2, 0) is 14.3 Å². The van der Waals surface area contributed by atoms with Gasteiger partial charge >= 0.3 is 5.97 Å². The molecule has 0 saturated carbocycles. The summed E-state index contributed by atoms with van der Waals surface area (Å²) in [6, 6.07) is -0.527. The Bertz CT molecular complexity index is 266. The number of ether oxygens (including phenoxy) is 1. The topological polar surface area (TPSA) is 72.6 Å². The molecule has 0 aromatic rings. The lowest BCUT2D eigenvalue weighted by molar-refractivity contribution is -0.145. The Morgan fingerprint density at radius 1 is 1.56 bits per heavy atom. The van der Waals surface area contributed by atoms with Gasteiger partial charge in [-0.05, 0) is 26.7 Å². The molecule has 0 aliphatic carbocycles. The highest BCUT2D eigenvalue weighted by Crippen LogP contribution is 2.21. The first-order valence-corrected chi connectivity index (χ1v) is 5.78. The summed E-state index contributed by atoms with van der Waals surface area (Å²) in [7, 11) is 0. The second kappa shape index (κ2) is 5.84. The molecule has 0 aromatic heterocycles. The molecule has 1 heterocycles. The van der Waals surface area contributed by atoms with E-state index in [9.17, 15) is 9.59 Å². The van der Waals surface area contributed by atoms with Crippen molar-refractivity contribution >= 4 is 11.9 Å². The fourth-order valence-corrected chi connectivity index (χ4v) is 2.01. The van der Waals surface area contributed by atoms with Gasteiger partial charge in [-0.2, -0.15) is 0 Å². The zero-order chi connectivity index (χ0) is 12.1. The molecule has 0 aromatic carbocycles. The highest BCUT2D eigenvalue weighted by molar-refractivity contribution is 5.82. The summed E-state index contributed by atoms with van der Waals surface area (Å²) in [6.07, 6.45) is 2.08. The SMILES string of the molecule is CCOC(=O)C[C@@H]1CCCN1C(=O)[C@H](C)N. The van der Waals surface area contributed by atoms with Gasteiger partial charge in [0.15, 0.2) is 0 Å². The minimum absolute atomic E-state index is 0.0300. The van der Waals surface area contributed by atoms with Gasteiger partial charge in [-0.15, -0.1) is 0 Å². The lowest BCUT2D eigenvalue weighted by Gasteiger charge is -2.25. The normalized spacial score (nSPS) is 21.9. The van der Waals surface area contributed by atoms with Gasteiger partial charge in [0.1, 0.15) is 0 Å². The molecule has 1 saturated heterocycles.